The van der Waals surface area contributed by atoms with Crippen molar-refractivity contribution in [2.24, 2.45) is 5.73 Å². The number of rotatable bonds is 9. The first-order chi connectivity index (χ1) is 13.4. The summed E-state index contributed by atoms with van der Waals surface area (Å²) in [5.41, 5.74) is 6.98. The first-order valence-electron chi connectivity index (χ1n) is 9.59. The number of hydrogen-bond donors (Lipinski definition) is 3. The molecule has 0 saturated heterocycles. The zero-order chi connectivity index (χ0) is 20.0. The van der Waals surface area contributed by atoms with Crippen LogP contribution < -0.4 is 21.1 Å². The van der Waals surface area contributed by atoms with E-state index in [-0.39, 0.29) is 18.4 Å². The van der Waals surface area contributed by atoms with E-state index in [0.29, 0.717) is 24.8 Å². The lowest BCUT2D eigenvalue weighted by Gasteiger charge is -2.24. The van der Waals surface area contributed by atoms with Crippen LogP contribution in [-0.2, 0) is 21.5 Å². The molecule has 3 rings (SSSR count). The minimum absolute atomic E-state index is 0.0282. The maximum Gasteiger partial charge on any atom is 0.258 e. The summed E-state index contributed by atoms with van der Waals surface area (Å²) in [6.45, 7) is 2.23. The van der Waals surface area contributed by atoms with Crippen molar-refractivity contribution in [1.82, 2.24) is 10.6 Å². The summed E-state index contributed by atoms with van der Waals surface area (Å²) < 4.78 is 5.49. The highest BCUT2D eigenvalue weighted by molar-refractivity contribution is 5.87. The van der Waals surface area contributed by atoms with Crippen LogP contribution in [0, 0.1) is 0 Å². The smallest absolute Gasteiger partial charge is 0.258 e. The zero-order valence-electron chi connectivity index (χ0n) is 16.1. The van der Waals surface area contributed by atoms with Crippen LogP contribution in [0.5, 0.6) is 5.75 Å². The number of benzene rings is 2. The van der Waals surface area contributed by atoms with E-state index in [9.17, 15) is 9.59 Å². The molecule has 1 atom stereocenters. The molecule has 6 nitrogen and oxygen atoms in total. The second-order valence-electron chi connectivity index (χ2n) is 7.35. The highest BCUT2D eigenvalue weighted by Crippen LogP contribution is 2.19. The predicted octanol–water partition coefficient (Wildman–Crippen LogP) is 1.88. The first kappa shape index (κ1) is 19.9. The Morgan fingerprint density at radius 1 is 1.11 bits per heavy atom. The molecule has 0 aromatic heterocycles. The molecule has 1 unspecified atom stereocenters. The van der Waals surface area contributed by atoms with E-state index < -0.39 is 5.54 Å². The molecule has 28 heavy (non-hydrogen) atoms. The first-order valence-corrected chi connectivity index (χ1v) is 9.59. The van der Waals surface area contributed by atoms with E-state index in [2.05, 4.69) is 10.6 Å². The Kier molecular flexibility index (Phi) is 6.31. The van der Waals surface area contributed by atoms with Crippen molar-refractivity contribution in [1.29, 1.82) is 0 Å². The Labute approximate surface area is 165 Å². The summed E-state index contributed by atoms with van der Waals surface area (Å²) >= 11 is 0. The summed E-state index contributed by atoms with van der Waals surface area (Å²) in [6.07, 6.45) is 2.80. The average Bonchev–Trinajstić information content (AvgIpc) is 3.52. The fourth-order valence-corrected chi connectivity index (χ4v) is 2.82. The molecule has 2 amide bonds. The van der Waals surface area contributed by atoms with Crippen molar-refractivity contribution in [3.63, 3.8) is 0 Å². The van der Waals surface area contributed by atoms with E-state index in [4.69, 9.17) is 10.5 Å². The molecule has 148 valence electrons. The van der Waals surface area contributed by atoms with Gasteiger partial charge < -0.3 is 21.1 Å². The van der Waals surface area contributed by atoms with Crippen molar-refractivity contribution < 1.29 is 14.3 Å². The molecule has 1 aliphatic carbocycles. The van der Waals surface area contributed by atoms with Gasteiger partial charge >= 0.3 is 0 Å². The van der Waals surface area contributed by atoms with Crippen molar-refractivity contribution in [3.8, 4) is 5.75 Å². The predicted molar refractivity (Wildman–Crippen MR) is 108 cm³/mol. The van der Waals surface area contributed by atoms with Gasteiger partial charge in [0.05, 0.1) is 0 Å². The van der Waals surface area contributed by atoms with Gasteiger partial charge in [0.25, 0.3) is 5.91 Å². The van der Waals surface area contributed by atoms with Gasteiger partial charge in [-0.1, -0.05) is 42.5 Å². The molecular weight excluding hydrogens is 354 g/mol. The number of hydrogen-bond acceptors (Lipinski definition) is 4. The number of carbonyl (C=O) groups excluding carboxylic acids is 2. The van der Waals surface area contributed by atoms with Crippen molar-refractivity contribution in [3.05, 3.63) is 65.7 Å². The quantitative estimate of drug-likeness (QED) is 0.618. The second kappa shape index (κ2) is 8.89. The number of nitrogens with one attached hydrogen (secondary N) is 2. The summed E-state index contributed by atoms with van der Waals surface area (Å²) in [5.74, 6) is 0.357. The maximum absolute atomic E-state index is 12.4. The summed E-state index contributed by atoms with van der Waals surface area (Å²) in [4.78, 5) is 24.1. The molecule has 1 fully saturated rings. The van der Waals surface area contributed by atoms with Crippen LogP contribution in [-0.4, -0.2) is 31.0 Å². The third kappa shape index (κ3) is 5.57. The molecule has 0 heterocycles. The Hall–Kier alpha value is -2.86. The van der Waals surface area contributed by atoms with Gasteiger partial charge in [-0.3, -0.25) is 9.59 Å². The molecular formula is C22H27N3O3. The van der Waals surface area contributed by atoms with Gasteiger partial charge in [0.2, 0.25) is 5.91 Å². The van der Waals surface area contributed by atoms with Gasteiger partial charge in [-0.25, -0.2) is 0 Å². The molecule has 0 aliphatic heterocycles. The van der Waals surface area contributed by atoms with Crippen molar-refractivity contribution >= 4 is 11.8 Å². The summed E-state index contributed by atoms with van der Waals surface area (Å²) in [6, 6.07) is 17.2. The van der Waals surface area contributed by atoms with Gasteiger partial charge in [-0.05, 0) is 49.4 Å². The fourth-order valence-electron chi connectivity index (χ4n) is 2.82. The zero-order valence-corrected chi connectivity index (χ0v) is 16.1. The monoisotopic (exact) mass is 381 g/mol. The lowest BCUT2D eigenvalue weighted by Crippen LogP contribution is -2.49. The summed E-state index contributed by atoms with van der Waals surface area (Å²) in [5, 5.41) is 5.78. The molecule has 2 aromatic carbocycles. The Morgan fingerprint density at radius 3 is 2.43 bits per heavy atom. The summed E-state index contributed by atoms with van der Waals surface area (Å²) in [7, 11) is 0. The van der Waals surface area contributed by atoms with Gasteiger partial charge in [0, 0.05) is 12.6 Å². The molecule has 0 spiro atoms. The van der Waals surface area contributed by atoms with Gasteiger partial charge in [0.15, 0.2) is 6.61 Å². The highest BCUT2D eigenvalue weighted by Gasteiger charge is 2.29. The minimum Gasteiger partial charge on any atom is -0.484 e. The van der Waals surface area contributed by atoms with E-state index in [0.717, 1.165) is 24.0 Å². The number of nitrogens with two attached hydrogens (primary N) is 1. The topological polar surface area (TPSA) is 93.5 Å². The van der Waals surface area contributed by atoms with Crippen molar-refractivity contribution in [2.45, 2.75) is 37.8 Å². The van der Waals surface area contributed by atoms with Crippen LogP contribution in [0.1, 0.15) is 30.9 Å². The molecule has 6 heteroatoms. The number of carbonyl (C=O) groups is 2. The molecule has 4 N–H and O–H groups in total. The number of amides is 2. The van der Waals surface area contributed by atoms with Gasteiger partial charge in [0.1, 0.15) is 11.3 Å². The Morgan fingerprint density at radius 2 is 1.79 bits per heavy atom. The van der Waals surface area contributed by atoms with Crippen LogP contribution in [0.2, 0.25) is 0 Å². The van der Waals surface area contributed by atoms with Crippen LogP contribution in [0.25, 0.3) is 0 Å². The Bertz CT molecular complexity index is 800. The van der Waals surface area contributed by atoms with Crippen LogP contribution in [0.15, 0.2) is 54.6 Å². The highest BCUT2D eigenvalue weighted by atomic mass is 16.5. The normalized spacial score (nSPS) is 15.4. The SMILES string of the molecule is CC(N)(C(=O)NCCc1ccc(OCC(=O)NC2CC2)cc1)c1ccccc1. The fraction of sp³-hybridized carbons (Fsp3) is 0.364. The van der Waals surface area contributed by atoms with Crippen LogP contribution in [0.3, 0.4) is 0 Å². The lowest BCUT2D eigenvalue weighted by molar-refractivity contribution is -0.126. The van der Waals surface area contributed by atoms with E-state index in [1.54, 1.807) is 6.92 Å². The standard InChI is InChI=1S/C22H27N3O3/c1-22(23,17-5-3-2-4-6-17)21(27)24-14-13-16-7-11-19(12-8-16)28-15-20(26)25-18-9-10-18/h2-8,11-12,18H,9-10,13-15,23H2,1H3,(H,24,27)(H,25,26). The maximum atomic E-state index is 12.4. The minimum atomic E-state index is -1.07. The lowest BCUT2D eigenvalue weighted by atomic mass is 9.92. The molecule has 0 bridgehead atoms. The Balaban J connectivity index is 1.42. The van der Waals surface area contributed by atoms with Crippen LogP contribution >= 0.6 is 0 Å². The molecule has 1 saturated carbocycles. The second-order valence-corrected chi connectivity index (χ2v) is 7.35. The molecule has 0 radical (unpaired) electrons. The van der Waals surface area contributed by atoms with Gasteiger partial charge in [-0.2, -0.15) is 0 Å². The third-order valence-corrected chi connectivity index (χ3v) is 4.78. The molecule has 2 aromatic rings. The van der Waals surface area contributed by atoms with E-state index in [1.165, 1.54) is 0 Å². The van der Waals surface area contributed by atoms with Crippen molar-refractivity contribution in [2.75, 3.05) is 13.2 Å². The van der Waals surface area contributed by atoms with Crippen LogP contribution in [0.4, 0.5) is 0 Å². The third-order valence-electron chi connectivity index (χ3n) is 4.78. The van der Waals surface area contributed by atoms with E-state index in [1.807, 2.05) is 54.6 Å². The average molecular weight is 381 g/mol. The van der Waals surface area contributed by atoms with E-state index >= 15 is 0 Å². The van der Waals surface area contributed by atoms with Gasteiger partial charge in [-0.15, -0.1) is 0 Å². The number of ether oxygens (including phenoxy) is 1. The molecule has 1 aliphatic rings. The largest absolute Gasteiger partial charge is 0.484 e.